The Morgan fingerprint density at radius 1 is 1.33 bits per heavy atom. The largest absolute Gasteiger partial charge is 0.507 e. The molecular formula is C13H15BrN2O2. The molecule has 5 heteroatoms. The Balaban J connectivity index is 1.81. The molecule has 3 rings (SSSR count). The number of phenolic OH excluding ortho intramolecular Hbond substituents is 1. The van der Waals surface area contributed by atoms with Crippen molar-refractivity contribution in [1.82, 2.24) is 10.2 Å². The summed E-state index contributed by atoms with van der Waals surface area (Å²) >= 11 is 3.33. The molecule has 4 nitrogen and oxygen atoms in total. The van der Waals surface area contributed by atoms with Crippen molar-refractivity contribution in [2.45, 2.75) is 0 Å². The normalized spacial score (nSPS) is 26.4. The van der Waals surface area contributed by atoms with Crippen molar-refractivity contribution in [2.24, 2.45) is 11.8 Å². The number of likely N-dealkylation sites (tertiary alicyclic amines) is 1. The van der Waals surface area contributed by atoms with Crippen LogP contribution in [0.3, 0.4) is 0 Å². The molecule has 0 aliphatic carbocycles. The summed E-state index contributed by atoms with van der Waals surface area (Å²) in [6.07, 6.45) is 0. The SMILES string of the molecule is O=C(c1cc(Br)ccc1O)N1CC2CNCC2C1. The minimum absolute atomic E-state index is 0.0541. The average molecular weight is 311 g/mol. The number of carbonyl (C=O) groups excluding carboxylic acids is 1. The molecule has 2 fully saturated rings. The molecule has 18 heavy (non-hydrogen) atoms. The molecule has 0 radical (unpaired) electrons. The zero-order chi connectivity index (χ0) is 12.7. The molecule has 0 aromatic heterocycles. The third kappa shape index (κ3) is 2.01. The minimum Gasteiger partial charge on any atom is -0.507 e. The predicted molar refractivity (Wildman–Crippen MR) is 71.6 cm³/mol. The van der Waals surface area contributed by atoms with Crippen molar-refractivity contribution in [1.29, 1.82) is 0 Å². The first-order chi connectivity index (χ1) is 8.65. The molecule has 0 saturated carbocycles. The lowest BCUT2D eigenvalue weighted by Gasteiger charge is -2.18. The third-order valence-corrected chi connectivity index (χ3v) is 4.36. The van der Waals surface area contributed by atoms with Crippen LogP contribution in [0.25, 0.3) is 0 Å². The van der Waals surface area contributed by atoms with Gasteiger partial charge in [0.2, 0.25) is 0 Å². The molecule has 0 bridgehead atoms. The summed E-state index contributed by atoms with van der Waals surface area (Å²) in [5, 5.41) is 13.1. The fraction of sp³-hybridized carbons (Fsp3) is 0.462. The minimum atomic E-state index is -0.0665. The van der Waals surface area contributed by atoms with E-state index in [1.807, 2.05) is 4.90 Å². The summed E-state index contributed by atoms with van der Waals surface area (Å²) in [4.78, 5) is 14.2. The monoisotopic (exact) mass is 310 g/mol. The molecule has 1 aromatic rings. The van der Waals surface area contributed by atoms with Gasteiger partial charge >= 0.3 is 0 Å². The second kappa shape index (κ2) is 4.55. The van der Waals surface area contributed by atoms with Gasteiger partial charge in [0, 0.05) is 30.7 Å². The maximum absolute atomic E-state index is 12.4. The Bertz CT molecular complexity index is 480. The van der Waals surface area contributed by atoms with Crippen LogP contribution < -0.4 is 5.32 Å². The number of benzene rings is 1. The van der Waals surface area contributed by atoms with Gasteiger partial charge < -0.3 is 15.3 Å². The van der Waals surface area contributed by atoms with Crippen LogP contribution >= 0.6 is 15.9 Å². The number of amides is 1. The van der Waals surface area contributed by atoms with Gasteiger partial charge in [0.05, 0.1) is 5.56 Å². The highest BCUT2D eigenvalue weighted by Gasteiger charge is 2.38. The van der Waals surface area contributed by atoms with Crippen molar-refractivity contribution in [2.75, 3.05) is 26.2 Å². The van der Waals surface area contributed by atoms with E-state index < -0.39 is 0 Å². The second-order valence-corrected chi connectivity index (χ2v) is 5.97. The van der Waals surface area contributed by atoms with Crippen molar-refractivity contribution in [3.05, 3.63) is 28.2 Å². The number of rotatable bonds is 1. The molecule has 1 amide bonds. The van der Waals surface area contributed by atoms with Crippen LogP contribution in [0.15, 0.2) is 22.7 Å². The molecule has 2 N–H and O–H groups in total. The zero-order valence-electron chi connectivity index (χ0n) is 9.90. The molecule has 2 heterocycles. The van der Waals surface area contributed by atoms with E-state index in [1.54, 1.807) is 18.2 Å². The molecule has 2 atom stereocenters. The lowest BCUT2D eigenvalue weighted by atomic mass is 10.0. The number of carbonyl (C=O) groups is 1. The molecule has 96 valence electrons. The van der Waals surface area contributed by atoms with E-state index in [0.717, 1.165) is 30.7 Å². The Morgan fingerprint density at radius 2 is 2.00 bits per heavy atom. The van der Waals surface area contributed by atoms with E-state index in [4.69, 9.17) is 0 Å². The number of nitrogens with zero attached hydrogens (tertiary/aromatic N) is 1. The average Bonchev–Trinajstić information content (AvgIpc) is 2.91. The summed E-state index contributed by atoms with van der Waals surface area (Å²) in [5.74, 6) is 1.13. The highest BCUT2D eigenvalue weighted by molar-refractivity contribution is 9.10. The smallest absolute Gasteiger partial charge is 0.257 e. The van der Waals surface area contributed by atoms with Crippen LogP contribution in [0.2, 0.25) is 0 Å². The first-order valence-electron chi connectivity index (χ1n) is 6.13. The molecule has 1 aromatic carbocycles. The summed E-state index contributed by atoms with van der Waals surface area (Å²) in [7, 11) is 0. The Labute approximate surface area is 114 Å². The van der Waals surface area contributed by atoms with Crippen molar-refractivity contribution < 1.29 is 9.90 Å². The topological polar surface area (TPSA) is 52.6 Å². The maximum Gasteiger partial charge on any atom is 0.257 e. The van der Waals surface area contributed by atoms with E-state index in [1.165, 1.54) is 0 Å². The van der Waals surface area contributed by atoms with Crippen LogP contribution in [0.1, 0.15) is 10.4 Å². The number of phenols is 1. The Morgan fingerprint density at radius 3 is 2.67 bits per heavy atom. The van der Waals surface area contributed by atoms with Crippen LogP contribution in [0.4, 0.5) is 0 Å². The lowest BCUT2D eigenvalue weighted by Crippen LogP contribution is -2.31. The second-order valence-electron chi connectivity index (χ2n) is 5.05. The standard InChI is InChI=1S/C13H15BrN2O2/c14-10-1-2-12(17)11(3-10)13(18)16-6-8-4-15-5-9(8)7-16/h1-3,8-9,15,17H,4-7H2. The van der Waals surface area contributed by atoms with Gasteiger partial charge in [-0.15, -0.1) is 0 Å². The Kier molecular flexibility index (Phi) is 3.03. The number of hydrogen-bond acceptors (Lipinski definition) is 3. The molecule has 2 aliphatic rings. The van der Waals surface area contributed by atoms with E-state index in [0.29, 0.717) is 17.4 Å². The Hall–Kier alpha value is -1.07. The summed E-state index contributed by atoms with van der Waals surface area (Å²) in [5.41, 5.74) is 0.386. The highest BCUT2D eigenvalue weighted by atomic mass is 79.9. The molecular weight excluding hydrogens is 296 g/mol. The molecule has 2 unspecified atom stereocenters. The van der Waals surface area contributed by atoms with Crippen molar-refractivity contribution in [3.63, 3.8) is 0 Å². The van der Waals surface area contributed by atoms with Gasteiger partial charge in [0.1, 0.15) is 5.75 Å². The van der Waals surface area contributed by atoms with Crippen molar-refractivity contribution in [3.8, 4) is 5.75 Å². The summed E-state index contributed by atoms with van der Waals surface area (Å²) < 4.78 is 0.810. The lowest BCUT2D eigenvalue weighted by molar-refractivity contribution is 0.0778. The van der Waals surface area contributed by atoms with Gasteiger partial charge in [-0.25, -0.2) is 0 Å². The highest BCUT2D eigenvalue weighted by Crippen LogP contribution is 2.30. The van der Waals surface area contributed by atoms with E-state index >= 15 is 0 Å². The van der Waals surface area contributed by atoms with Crippen LogP contribution in [-0.4, -0.2) is 42.1 Å². The van der Waals surface area contributed by atoms with E-state index in [2.05, 4.69) is 21.2 Å². The van der Waals surface area contributed by atoms with Crippen LogP contribution in [-0.2, 0) is 0 Å². The maximum atomic E-state index is 12.4. The van der Waals surface area contributed by atoms with E-state index in [-0.39, 0.29) is 11.7 Å². The molecule has 2 aliphatic heterocycles. The predicted octanol–water partition coefficient (Wildman–Crippen LogP) is 1.45. The zero-order valence-corrected chi connectivity index (χ0v) is 11.5. The van der Waals surface area contributed by atoms with Gasteiger partial charge in [0.15, 0.2) is 0 Å². The van der Waals surface area contributed by atoms with E-state index in [9.17, 15) is 9.90 Å². The first-order valence-corrected chi connectivity index (χ1v) is 6.93. The number of nitrogens with one attached hydrogen (secondary N) is 1. The summed E-state index contributed by atoms with van der Waals surface area (Å²) in [6, 6.07) is 4.97. The number of hydrogen-bond donors (Lipinski definition) is 2. The van der Waals surface area contributed by atoms with Crippen molar-refractivity contribution >= 4 is 21.8 Å². The van der Waals surface area contributed by atoms with Gasteiger partial charge in [-0.1, -0.05) is 15.9 Å². The van der Waals surface area contributed by atoms with Gasteiger partial charge in [-0.2, -0.15) is 0 Å². The van der Waals surface area contributed by atoms with Crippen LogP contribution in [0.5, 0.6) is 5.75 Å². The number of halogens is 1. The summed E-state index contributed by atoms with van der Waals surface area (Å²) in [6.45, 7) is 3.59. The van der Waals surface area contributed by atoms with Gasteiger partial charge in [-0.3, -0.25) is 4.79 Å². The third-order valence-electron chi connectivity index (χ3n) is 3.87. The molecule has 2 saturated heterocycles. The number of aromatic hydroxyl groups is 1. The van der Waals surface area contributed by atoms with Crippen LogP contribution in [0, 0.1) is 11.8 Å². The first kappa shape index (κ1) is 12.0. The molecule has 0 spiro atoms. The van der Waals surface area contributed by atoms with Gasteiger partial charge in [0.25, 0.3) is 5.91 Å². The fourth-order valence-corrected chi connectivity index (χ4v) is 3.23. The van der Waals surface area contributed by atoms with Gasteiger partial charge in [-0.05, 0) is 30.0 Å². The fourth-order valence-electron chi connectivity index (χ4n) is 2.87. The quantitative estimate of drug-likeness (QED) is 0.825. The number of fused-ring (bicyclic) bond motifs is 1.